The van der Waals surface area contributed by atoms with Crippen molar-refractivity contribution in [2.75, 3.05) is 0 Å². The van der Waals surface area contributed by atoms with Crippen LogP contribution in [0.25, 0.3) is 5.69 Å². The first kappa shape index (κ1) is 16.3. The molecular weight excluding hydrogens is 348 g/mol. The number of aromatic nitrogens is 4. The van der Waals surface area contributed by atoms with Crippen molar-refractivity contribution in [1.82, 2.24) is 20.2 Å². The van der Waals surface area contributed by atoms with E-state index < -0.39 is 0 Å². The summed E-state index contributed by atoms with van der Waals surface area (Å²) in [4.78, 5) is 0. The average Bonchev–Trinajstić information content (AvgIpc) is 3.16. The molecule has 7 rings (SSSR count). The summed E-state index contributed by atoms with van der Waals surface area (Å²) in [6, 6.07) is 18.9. The van der Waals surface area contributed by atoms with Crippen LogP contribution in [0, 0.1) is 17.8 Å². The van der Waals surface area contributed by atoms with Crippen LogP contribution in [0.15, 0.2) is 54.6 Å². The van der Waals surface area contributed by atoms with Crippen molar-refractivity contribution in [2.45, 2.75) is 43.9 Å². The van der Waals surface area contributed by atoms with Gasteiger partial charge in [-0.3, -0.25) is 0 Å². The lowest BCUT2D eigenvalue weighted by atomic mass is 9.48. The summed E-state index contributed by atoms with van der Waals surface area (Å²) in [5.41, 5.74) is 2.80. The number of nitrogens with zero attached hydrogens (tertiary/aromatic N) is 4. The van der Waals surface area contributed by atoms with Gasteiger partial charge >= 0.3 is 6.01 Å². The van der Waals surface area contributed by atoms with E-state index in [0.29, 0.717) is 11.4 Å². The fourth-order valence-electron chi connectivity index (χ4n) is 6.42. The Morgan fingerprint density at radius 1 is 0.821 bits per heavy atom. The van der Waals surface area contributed by atoms with Crippen LogP contribution in [0.4, 0.5) is 0 Å². The van der Waals surface area contributed by atoms with E-state index in [2.05, 4.69) is 39.8 Å². The average molecular weight is 372 g/mol. The monoisotopic (exact) mass is 372 g/mol. The molecule has 4 saturated carbocycles. The smallest absolute Gasteiger partial charge is 0.345 e. The van der Waals surface area contributed by atoms with E-state index >= 15 is 0 Å². The number of benzene rings is 2. The van der Waals surface area contributed by atoms with E-state index in [0.717, 1.165) is 29.2 Å². The van der Waals surface area contributed by atoms with Gasteiger partial charge < -0.3 is 4.74 Å². The van der Waals surface area contributed by atoms with Gasteiger partial charge in [-0.25, -0.2) is 0 Å². The molecule has 1 aromatic heterocycles. The van der Waals surface area contributed by atoms with Gasteiger partial charge in [-0.05, 0) is 102 Å². The third kappa shape index (κ3) is 2.64. The second-order valence-electron chi connectivity index (χ2n) is 9.03. The summed E-state index contributed by atoms with van der Waals surface area (Å²) in [6.07, 6.45) is 8.57. The van der Waals surface area contributed by atoms with Crippen molar-refractivity contribution in [3.05, 3.63) is 60.2 Å². The van der Waals surface area contributed by atoms with Crippen LogP contribution in [-0.2, 0) is 5.41 Å². The van der Waals surface area contributed by atoms with E-state index in [1.807, 2.05) is 30.3 Å². The third-order valence-corrected chi connectivity index (χ3v) is 7.16. The predicted molar refractivity (Wildman–Crippen MR) is 106 cm³/mol. The molecule has 0 radical (unpaired) electrons. The van der Waals surface area contributed by atoms with Crippen molar-refractivity contribution in [1.29, 1.82) is 0 Å². The maximum atomic E-state index is 6.00. The molecule has 0 aliphatic heterocycles. The highest BCUT2D eigenvalue weighted by atomic mass is 16.5. The fraction of sp³-hybridized carbons (Fsp3) is 0.435. The zero-order chi connectivity index (χ0) is 18.6. The van der Waals surface area contributed by atoms with Crippen molar-refractivity contribution in [2.24, 2.45) is 17.8 Å². The van der Waals surface area contributed by atoms with Crippen molar-refractivity contribution in [3.63, 3.8) is 0 Å². The molecule has 0 unspecified atom stereocenters. The Balaban J connectivity index is 1.25. The van der Waals surface area contributed by atoms with Gasteiger partial charge in [0.1, 0.15) is 5.75 Å². The largest absolute Gasteiger partial charge is 0.423 e. The molecule has 0 spiro atoms. The molecule has 0 saturated heterocycles. The Morgan fingerprint density at radius 3 is 2.11 bits per heavy atom. The van der Waals surface area contributed by atoms with E-state index in [1.165, 1.54) is 44.1 Å². The number of para-hydroxylation sites is 1. The Kier molecular flexibility index (Phi) is 3.58. The molecule has 4 fully saturated rings. The van der Waals surface area contributed by atoms with E-state index in [1.54, 1.807) is 4.68 Å². The lowest BCUT2D eigenvalue weighted by Crippen LogP contribution is -2.48. The van der Waals surface area contributed by atoms with Crippen LogP contribution < -0.4 is 4.74 Å². The molecule has 4 aliphatic carbocycles. The normalized spacial score (nSPS) is 30.5. The lowest BCUT2D eigenvalue weighted by molar-refractivity contribution is -0.00519. The van der Waals surface area contributed by atoms with Gasteiger partial charge in [0.05, 0.1) is 5.69 Å². The van der Waals surface area contributed by atoms with Crippen LogP contribution in [0.1, 0.15) is 44.1 Å². The van der Waals surface area contributed by atoms with Gasteiger partial charge in [0, 0.05) is 0 Å². The molecule has 2 aromatic carbocycles. The summed E-state index contributed by atoms with van der Waals surface area (Å²) in [6.45, 7) is 0. The molecule has 5 nitrogen and oxygen atoms in total. The summed E-state index contributed by atoms with van der Waals surface area (Å²) in [7, 11) is 0. The molecule has 3 aromatic rings. The van der Waals surface area contributed by atoms with E-state index in [-0.39, 0.29) is 0 Å². The Bertz CT molecular complexity index is 944. The summed E-state index contributed by atoms with van der Waals surface area (Å²) < 4.78 is 7.62. The zero-order valence-electron chi connectivity index (χ0n) is 15.9. The molecule has 0 N–H and O–H groups in total. The molecule has 4 aliphatic rings. The number of tetrazole rings is 1. The predicted octanol–water partition coefficient (Wildman–Crippen LogP) is 4.92. The quantitative estimate of drug-likeness (QED) is 0.652. The minimum atomic E-state index is 0.383. The van der Waals surface area contributed by atoms with Gasteiger partial charge in [0.25, 0.3) is 0 Å². The van der Waals surface area contributed by atoms with Crippen molar-refractivity contribution < 1.29 is 4.74 Å². The van der Waals surface area contributed by atoms with Gasteiger partial charge in [0.15, 0.2) is 0 Å². The summed E-state index contributed by atoms with van der Waals surface area (Å²) >= 11 is 0. The Morgan fingerprint density at radius 2 is 1.46 bits per heavy atom. The maximum absolute atomic E-state index is 6.00. The number of hydrogen-bond acceptors (Lipinski definition) is 4. The molecule has 0 atom stereocenters. The topological polar surface area (TPSA) is 52.8 Å². The summed E-state index contributed by atoms with van der Waals surface area (Å²) in [5.74, 6) is 3.65. The highest BCUT2D eigenvalue weighted by Crippen LogP contribution is 2.60. The SMILES string of the molecule is c1ccc(-n2nnnc2Oc2ccc(C34CC5CC(CC(C5)C3)C4)cc2)cc1. The van der Waals surface area contributed by atoms with Crippen molar-refractivity contribution in [3.8, 4) is 17.4 Å². The highest BCUT2D eigenvalue weighted by molar-refractivity contribution is 5.37. The van der Waals surface area contributed by atoms with E-state index in [4.69, 9.17) is 4.74 Å². The minimum Gasteiger partial charge on any atom is -0.423 e. The first-order chi connectivity index (χ1) is 13.8. The highest BCUT2D eigenvalue weighted by Gasteiger charge is 2.51. The maximum Gasteiger partial charge on any atom is 0.345 e. The molecule has 5 heteroatoms. The van der Waals surface area contributed by atoms with Crippen LogP contribution >= 0.6 is 0 Å². The second-order valence-corrected chi connectivity index (χ2v) is 9.03. The van der Waals surface area contributed by atoms with E-state index in [9.17, 15) is 0 Å². The molecule has 1 heterocycles. The minimum absolute atomic E-state index is 0.383. The third-order valence-electron chi connectivity index (χ3n) is 7.16. The van der Waals surface area contributed by atoms with Gasteiger partial charge in [0.2, 0.25) is 0 Å². The fourth-order valence-corrected chi connectivity index (χ4v) is 6.42. The lowest BCUT2D eigenvalue weighted by Gasteiger charge is -2.57. The molecular formula is C23H24N4O. The number of ether oxygens (including phenoxy) is 1. The second kappa shape index (κ2) is 6.16. The number of hydrogen-bond donors (Lipinski definition) is 0. The Hall–Kier alpha value is -2.69. The molecule has 4 bridgehead atoms. The van der Waals surface area contributed by atoms with Crippen LogP contribution in [-0.4, -0.2) is 20.2 Å². The Labute approximate surface area is 164 Å². The molecule has 0 amide bonds. The zero-order valence-corrected chi connectivity index (χ0v) is 15.9. The van der Waals surface area contributed by atoms with Crippen LogP contribution in [0.2, 0.25) is 0 Å². The standard InChI is InChI=1S/C23H24N4O/c1-2-4-20(5-3-1)27-22(24-25-26-27)28-21-8-6-19(7-9-21)23-13-16-10-17(14-23)12-18(11-16)15-23/h1-9,16-18H,10-15H2. The summed E-state index contributed by atoms with van der Waals surface area (Å²) in [5, 5.41) is 11.9. The number of rotatable bonds is 4. The van der Waals surface area contributed by atoms with Crippen LogP contribution in [0.3, 0.4) is 0 Å². The van der Waals surface area contributed by atoms with Gasteiger partial charge in [-0.15, -0.1) is 0 Å². The van der Waals surface area contributed by atoms with Crippen LogP contribution in [0.5, 0.6) is 11.8 Å². The van der Waals surface area contributed by atoms with Crippen molar-refractivity contribution >= 4 is 0 Å². The first-order valence-electron chi connectivity index (χ1n) is 10.4. The first-order valence-corrected chi connectivity index (χ1v) is 10.4. The molecule has 28 heavy (non-hydrogen) atoms. The molecule has 142 valence electrons. The van der Waals surface area contributed by atoms with Gasteiger partial charge in [-0.2, -0.15) is 4.68 Å². The van der Waals surface area contributed by atoms with Gasteiger partial charge in [-0.1, -0.05) is 35.4 Å².